The van der Waals surface area contributed by atoms with E-state index in [4.69, 9.17) is 0 Å². The first kappa shape index (κ1) is 11.7. The summed E-state index contributed by atoms with van der Waals surface area (Å²) in [6.07, 6.45) is 2.61. The van der Waals surface area contributed by atoms with Crippen LogP contribution in [0.25, 0.3) is 0 Å². The second-order valence-corrected chi connectivity index (χ2v) is 5.88. The molecule has 2 unspecified atom stereocenters. The molecular weight excluding hydrogens is 268 g/mol. The standard InChI is InChI=1S/C15H14N4S/c1-2-5-11(6-3-1)12-9-13(14-7-4-8-20-14)19-15(18-12)16-10-17-19/h1-8,10,12-13H,9H2,(H,16,17,18). The van der Waals surface area contributed by atoms with Crippen molar-refractivity contribution in [2.75, 3.05) is 5.32 Å². The summed E-state index contributed by atoms with van der Waals surface area (Å²) in [6.45, 7) is 0. The Kier molecular flexibility index (Phi) is 2.77. The lowest BCUT2D eigenvalue weighted by Gasteiger charge is -2.31. The fourth-order valence-electron chi connectivity index (χ4n) is 2.74. The number of fused-ring (bicyclic) bond motifs is 1. The van der Waals surface area contributed by atoms with Crippen molar-refractivity contribution < 1.29 is 0 Å². The van der Waals surface area contributed by atoms with E-state index in [0.717, 1.165) is 12.4 Å². The van der Waals surface area contributed by atoms with Gasteiger partial charge in [0, 0.05) is 4.88 Å². The van der Waals surface area contributed by atoms with Gasteiger partial charge in [0.1, 0.15) is 6.33 Å². The quantitative estimate of drug-likeness (QED) is 0.782. The maximum Gasteiger partial charge on any atom is 0.222 e. The van der Waals surface area contributed by atoms with Crippen molar-refractivity contribution in [3.8, 4) is 0 Å². The first-order valence-electron chi connectivity index (χ1n) is 6.66. The van der Waals surface area contributed by atoms with Gasteiger partial charge in [0.25, 0.3) is 0 Å². The van der Waals surface area contributed by atoms with E-state index >= 15 is 0 Å². The van der Waals surface area contributed by atoms with E-state index in [1.165, 1.54) is 10.4 Å². The van der Waals surface area contributed by atoms with E-state index in [9.17, 15) is 0 Å². The van der Waals surface area contributed by atoms with Gasteiger partial charge in [-0.15, -0.1) is 11.3 Å². The van der Waals surface area contributed by atoms with Crippen LogP contribution in [-0.2, 0) is 0 Å². The van der Waals surface area contributed by atoms with Crippen molar-refractivity contribution in [2.24, 2.45) is 0 Å². The lowest BCUT2D eigenvalue weighted by molar-refractivity contribution is 0.436. The van der Waals surface area contributed by atoms with Gasteiger partial charge in [-0.05, 0) is 23.4 Å². The minimum Gasteiger partial charge on any atom is -0.348 e. The van der Waals surface area contributed by atoms with Crippen LogP contribution < -0.4 is 5.32 Å². The number of aromatic nitrogens is 3. The van der Waals surface area contributed by atoms with Crippen LogP contribution in [0.3, 0.4) is 0 Å². The monoisotopic (exact) mass is 282 g/mol. The molecule has 0 spiro atoms. The van der Waals surface area contributed by atoms with Crippen molar-refractivity contribution in [3.05, 3.63) is 64.6 Å². The Labute approximate surface area is 121 Å². The molecule has 4 nitrogen and oxygen atoms in total. The third-order valence-electron chi connectivity index (χ3n) is 3.70. The summed E-state index contributed by atoms with van der Waals surface area (Å²) in [5, 5.41) is 9.97. The average Bonchev–Trinajstić information content (AvgIpc) is 3.18. The highest BCUT2D eigenvalue weighted by atomic mass is 32.1. The van der Waals surface area contributed by atoms with Crippen LogP contribution in [0.4, 0.5) is 5.95 Å². The minimum absolute atomic E-state index is 0.263. The van der Waals surface area contributed by atoms with Crippen LogP contribution >= 0.6 is 11.3 Å². The third-order valence-corrected chi connectivity index (χ3v) is 4.68. The predicted molar refractivity (Wildman–Crippen MR) is 79.9 cm³/mol. The Balaban J connectivity index is 1.74. The van der Waals surface area contributed by atoms with Crippen molar-refractivity contribution >= 4 is 17.3 Å². The van der Waals surface area contributed by atoms with Crippen molar-refractivity contribution in [1.82, 2.24) is 14.8 Å². The van der Waals surface area contributed by atoms with Gasteiger partial charge in [0.15, 0.2) is 0 Å². The molecule has 2 aromatic heterocycles. The van der Waals surface area contributed by atoms with Crippen LogP contribution in [0.5, 0.6) is 0 Å². The van der Waals surface area contributed by atoms with Crippen molar-refractivity contribution in [2.45, 2.75) is 18.5 Å². The molecule has 1 aliphatic rings. The number of hydrogen-bond donors (Lipinski definition) is 1. The molecule has 5 heteroatoms. The fraction of sp³-hybridized carbons (Fsp3) is 0.200. The van der Waals surface area contributed by atoms with Crippen LogP contribution in [0.15, 0.2) is 54.2 Å². The zero-order valence-corrected chi connectivity index (χ0v) is 11.6. The summed E-state index contributed by atoms with van der Waals surface area (Å²) >= 11 is 1.78. The molecule has 2 atom stereocenters. The molecule has 1 N–H and O–H groups in total. The Morgan fingerprint density at radius 2 is 2.05 bits per heavy atom. The molecule has 100 valence electrons. The fourth-order valence-corrected chi connectivity index (χ4v) is 3.57. The topological polar surface area (TPSA) is 42.7 Å². The largest absolute Gasteiger partial charge is 0.348 e. The molecule has 0 fully saturated rings. The predicted octanol–water partition coefficient (Wildman–Crippen LogP) is 3.49. The normalized spacial score (nSPS) is 21.2. The lowest BCUT2D eigenvalue weighted by atomic mass is 9.97. The number of nitrogens with one attached hydrogen (secondary N) is 1. The Morgan fingerprint density at radius 3 is 2.85 bits per heavy atom. The molecule has 0 bridgehead atoms. The van der Waals surface area contributed by atoms with Gasteiger partial charge in [-0.2, -0.15) is 10.1 Å². The third kappa shape index (κ3) is 1.91. The molecule has 3 heterocycles. The summed E-state index contributed by atoms with van der Waals surface area (Å²) in [7, 11) is 0. The first-order valence-corrected chi connectivity index (χ1v) is 7.54. The molecule has 3 aromatic rings. The van der Waals surface area contributed by atoms with Crippen LogP contribution in [0, 0.1) is 0 Å². The molecule has 0 aliphatic carbocycles. The van der Waals surface area contributed by atoms with E-state index in [0.29, 0.717) is 0 Å². The van der Waals surface area contributed by atoms with E-state index in [1.807, 2.05) is 10.7 Å². The Hall–Kier alpha value is -2.14. The minimum atomic E-state index is 0.263. The smallest absolute Gasteiger partial charge is 0.222 e. The Bertz CT molecular complexity index is 690. The molecule has 0 amide bonds. The van der Waals surface area contributed by atoms with E-state index < -0.39 is 0 Å². The molecule has 20 heavy (non-hydrogen) atoms. The van der Waals surface area contributed by atoms with Gasteiger partial charge in [0.2, 0.25) is 5.95 Å². The molecule has 1 aromatic carbocycles. The first-order chi connectivity index (χ1) is 9.92. The van der Waals surface area contributed by atoms with Gasteiger partial charge in [-0.3, -0.25) is 0 Å². The number of benzene rings is 1. The van der Waals surface area contributed by atoms with Gasteiger partial charge < -0.3 is 5.32 Å². The SMILES string of the molecule is c1ccc(C2CC(c3cccs3)n3ncnc3N2)cc1. The second kappa shape index (κ2) is 4.76. The molecular formula is C15H14N4S. The second-order valence-electron chi connectivity index (χ2n) is 4.90. The maximum atomic E-state index is 4.37. The van der Waals surface area contributed by atoms with E-state index in [2.05, 4.69) is 57.2 Å². The number of anilines is 1. The molecule has 1 aliphatic heterocycles. The van der Waals surface area contributed by atoms with Gasteiger partial charge in [-0.25, -0.2) is 4.68 Å². The summed E-state index contributed by atoms with van der Waals surface area (Å²) in [4.78, 5) is 5.67. The summed E-state index contributed by atoms with van der Waals surface area (Å²) in [5.74, 6) is 0.850. The van der Waals surface area contributed by atoms with Crippen LogP contribution in [0.1, 0.15) is 28.9 Å². The van der Waals surface area contributed by atoms with Gasteiger partial charge in [-0.1, -0.05) is 36.4 Å². The Morgan fingerprint density at radius 1 is 1.15 bits per heavy atom. The summed E-state index contributed by atoms with van der Waals surface area (Å²) in [6, 6.07) is 15.3. The molecule has 0 saturated heterocycles. The number of hydrogen-bond acceptors (Lipinski definition) is 4. The van der Waals surface area contributed by atoms with Crippen LogP contribution in [-0.4, -0.2) is 14.8 Å². The highest BCUT2D eigenvalue weighted by Crippen LogP contribution is 2.38. The molecule has 0 saturated carbocycles. The summed E-state index contributed by atoms with van der Waals surface area (Å²) < 4.78 is 1.99. The highest BCUT2D eigenvalue weighted by molar-refractivity contribution is 7.10. The average molecular weight is 282 g/mol. The molecule has 0 radical (unpaired) electrons. The van der Waals surface area contributed by atoms with Crippen molar-refractivity contribution in [3.63, 3.8) is 0 Å². The lowest BCUT2D eigenvalue weighted by Crippen LogP contribution is -2.27. The zero-order valence-electron chi connectivity index (χ0n) is 10.8. The highest BCUT2D eigenvalue weighted by Gasteiger charge is 2.30. The zero-order chi connectivity index (χ0) is 13.4. The van der Waals surface area contributed by atoms with E-state index in [1.54, 1.807) is 17.7 Å². The van der Waals surface area contributed by atoms with Gasteiger partial charge in [0.05, 0.1) is 12.1 Å². The summed E-state index contributed by atoms with van der Waals surface area (Å²) in [5.41, 5.74) is 1.29. The maximum absolute atomic E-state index is 4.37. The van der Waals surface area contributed by atoms with Crippen LogP contribution in [0.2, 0.25) is 0 Å². The number of rotatable bonds is 2. The number of nitrogens with zero attached hydrogens (tertiary/aromatic N) is 3. The van der Waals surface area contributed by atoms with Crippen molar-refractivity contribution in [1.29, 1.82) is 0 Å². The van der Waals surface area contributed by atoms with E-state index in [-0.39, 0.29) is 12.1 Å². The van der Waals surface area contributed by atoms with Gasteiger partial charge >= 0.3 is 0 Å². The molecule has 4 rings (SSSR count). The number of thiophene rings is 1.